The number of nitro benzene ring substituents is 1. The fraction of sp³-hybridized carbons (Fsp3) is 0.188. The van der Waals surface area contributed by atoms with E-state index in [-0.39, 0.29) is 17.1 Å². The zero-order valence-corrected chi connectivity index (χ0v) is 13.4. The summed E-state index contributed by atoms with van der Waals surface area (Å²) in [4.78, 5) is 22.3. The SMILES string of the molecule is Cc1cc(Oc2ccc([N+](=O)[O-])c(N(C)C(=O)O)c2)cc(C)c1N. The van der Waals surface area contributed by atoms with Crippen LogP contribution in [0.1, 0.15) is 11.1 Å². The molecule has 2 aromatic carbocycles. The number of carboxylic acid groups (broad SMARTS) is 1. The number of carbonyl (C=O) groups is 1. The molecule has 0 spiro atoms. The minimum atomic E-state index is -1.31. The van der Waals surface area contributed by atoms with Crippen molar-refractivity contribution in [2.45, 2.75) is 13.8 Å². The molecule has 0 saturated heterocycles. The smallest absolute Gasteiger partial charge is 0.411 e. The van der Waals surface area contributed by atoms with E-state index >= 15 is 0 Å². The summed E-state index contributed by atoms with van der Waals surface area (Å²) in [6.07, 6.45) is -1.31. The molecule has 2 rings (SSSR count). The standard InChI is InChI=1S/C16H17N3O5/c1-9-6-12(7-10(2)15(9)17)24-11-4-5-13(19(22)23)14(8-11)18(3)16(20)21/h4-8H,17H2,1-3H3,(H,20,21). The average molecular weight is 331 g/mol. The first-order valence-electron chi connectivity index (χ1n) is 7.00. The number of nitrogens with zero attached hydrogens (tertiary/aromatic N) is 2. The Morgan fingerprint density at radius 1 is 1.21 bits per heavy atom. The van der Waals surface area contributed by atoms with Crippen LogP contribution in [0.2, 0.25) is 0 Å². The monoisotopic (exact) mass is 331 g/mol. The van der Waals surface area contributed by atoms with E-state index in [0.717, 1.165) is 16.0 Å². The zero-order chi connectivity index (χ0) is 18.0. The van der Waals surface area contributed by atoms with Crippen LogP contribution in [-0.2, 0) is 0 Å². The molecule has 126 valence electrons. The topological polar surface area (TPSA) is 119 Å². The van der Waals surface area contributed by atoms with Crippen LogP contribution in [0.5, 0.6) is 11.5 Å². The van der Waals surface area contributed by atoms with Gasteiger partial charge in [-0.25, -0.2) is 4.79 Å². The molecular weight excluding hydrogens is 314 g/mol. The van der Waals surface area contributed by atoms with Gasteiger partial charge in [-0.1, -0.05) is 0 Å². The number of rotatable bonds is 4. The summed E-state index contributed by atoms with van der Waals surface area (Å²) in [5.41, 5.74) is 7.84. The number of nitrogens with two attached hydrogens (primary N) is 1. The molecule has 0 heterocycles. The van der Waals surface area contributed by atoms with Crippen molar-refractivity contribution >= 4 is 23.2 Å². The lowest BCUT2D eigenvalue weighted by Gasteiger charge is -2.15. The number of hydrogen-bond acceptors (Lipinski definition) is 5. The lowest BCUT2D eigenvalue weighted by Crippen LogP contribution is -2.24. The van der Waals surface area contributed by atoms with E-state index in [4.69, 9.17) is 15.6 Å². The maximum atomic E-state index is 11.1. The van der Waals surface area contributed by atoms with Gasteiger partial charge in [0, 0.05) is 24.9 Å². The van der Waals surface area contributed by atoms with E-state index < -0.39 is 11.0 Å². The number of amides is 1. The van der Waals surface area contributed by atoms with E-state index in [1.165, 1.54) is 25.2 Å². The van der Waals surface area contributed by atoms with Crippen LogP contribution in [-0.4, -0.2) is 23.2 Å². The highest BCUT2D eigenvalue weighted by atomic mass is 16.6. The van der Waals surface area contributed by atoms with E-state index in [1.807, 2.05) is 13.8 Å². The van der Waals surface area contributed by atoms with Crippen LogP contribution in [0, 0.1) is 24.0 Å². The zero-order valence-electron chi connectivity index (χ0n) is 13.4. The molecule has 24 heavy (non-hydrogen) atoms. The lowest BCUT2D eigenvalue weighted by molar-refractivity contribution is -0.384. The quantitative estimate of drug-likeness (QED) is 0.501. The molecule has 0 radical (unpaired) electrons. The van der Waals surface area contributed by atoms with Crippen LogP contribution < -0.4 is 15.4 Å². The van der Waals surface area contributed by atoms with E-state index in [1.54, 1.807) is 12.1 Å². The second-order valence-electron chi connectivity index (χ2n) is 5.32. The largest absolute Gasteiger partial charge is 0.465 e. The summed E-state index contributed by atoms with van der Waals surface area (Å²) < 4.78 is 5.70. The number of nitro groups is 1. The van der Waals surface area contributed by atoms with Gasteiger partial charge >= 0.3 is 6.09 Å². The minimum absolute atomic E-state index is 0.0751. The Kier molecular flexibility index (Phi) is 4.59. The van der Waals surface area contributed by atoms with Gasteiger partial charge in [0.05, 0.1) is 4.92 Å². The van der Waals surface area contributed by atoms with Gasteiger partial charge in [-0.15, -0.1) is 0 Å². The van der Waals surface area contributed by atoms with E-state index in [9.17, 15) is 14.9 Å². The molecule has 0 unspecified atom stereocenters. The molecule has 0 aliphatic heterocycles. The molecule has 0 aliphatic carbocycles. The maximum absolute atomic E-state index is 11.1. The van der Waals surface area contributed by atoms with Gasteiger partial charge in [0.2, 0.25) is 0 Å². The Morgan fingerprint density at radius 2 is 1.79 bits per heavy atom. The Balaban J connectivity index is 2.43. The predicted octanol–water partition coefficient (Wildman–Crippen LogP) is 3.70. The average Bonchev–Trinajstić information content (AvgIpc) is 2.51. The van der Waals surface area contributed by atoms with Gasteiger partial charge < -0.3 is 15.6 Å². The van der Waals surface area contributed by atoms with Crippen LogP contribution in [0.15, 0.2) is 30.3 Å². The van der Waals surface area contributed by atoms with E-state index in [2.05, 4.69) is 0 Å². The van der Waals surface area contributed by atoms with Crippen molar-refractivity contribution in [3.8, 4) is 11.5 Å². The fourth-order valence-electron chi connectivity index (χ4n) is 2.22. The van der Waals surface area contributed by atoms with Crippen molar-refractivity contribution in [2.24, 2.45) is 0 Å². The highest BCUT2D eigenvalue weighted by molar-refractivity contribution is 5.89. The van der Waals surface area contributed by atoms with Gasteiger partial charge in [-0.05, 0) is 43.2 Å². The molecule has 0 fully saturated rings. The predicted molar refractivity (Wildman–Crippen MR) is 89.9 cm³/mol. The van der Waals surface area contributed by atoms with Crippen molar-refractivity contribution in [3.63, 3.8) is 0 Å². The lowest BCUT2D eigenvalue weighted by atomic mass is 10.1. The molecule has 8 nitrogen and oxygen atoms in total. The number of ether oxygens (including phenoxy) is 1. The van der Waals surface area contributed by atoms with Crippen molar-refractivity contribution < 1.29 is 19.6 Å². The number of aryl methyl sites for hydroxylation is 2. The second-order valence-corrected chi connectivity index (χ2v) is 5.32. The van der Waals surface area contributed by atoms with Gasteiger partial charge in [0.25, 0.3) is 5.69 Å². The Morgan fingerprint density at radius 3 is 2.29 bits per heavy atom. The summed E-state index contributed by atoms with van der Waals surface area (Å²) in [6, 6.07) is 7.42. The first-order valence-corrected chi connectivity index (χ1v) is 7.00. The third-order valence-electron chi connectivity index (χ3n) is 3.59. The Bertz CT molecular complexity index is 796. The number of anilines is 2. The van der Waals surface area contributed by atoms with Crippen LogP contribution in [0.3, 0.4) is 0 Å². The highest BCUT2D eigenvalue weighted by Crippen LogP contribution is 2.34. The number of benzene rings is 2. The molecule has 0 bridgehead atoms. The molecule has 0 atom stereocenters. The Labute approximate surface area is 138 Å². The van der Waals surface area contributed by atoms with Crippen molar-refractivity contribution in [3.05, 3.63) is 51.6 Å². The molecule has 0 aromatic heterocycles. The van der Waals surface area contributed by atoms with Gasteiger partial charge in [0.1, 0.15) is 17.2 Å². The summed E-state index contributed by atoms with van der Waals surface area (Å²) >= 11 is 0. The summed E-state index contributed by atoms with van der Waals surface area (Å²) in [5.74, 6) is 0.796. The van der Waals surface area contributed by atoms with Gasteiger partial charge in [-0.2, -0.15) is 0 Å². The van der Waals surface area contributed by atoms with Crippen LogP contribution >= 0.6 is 0 Å². The first kappa shape index (κ1) is 17.1. The molecule has 0 aliphatic rings. The van der Waals surface area contributed by atoms with Crippen LogP contribution in [0.4, 0.5) is 21.9 Å². The van der Waals surface area contributed by atoms with Gasteiger partial charge in [-0.3, -0.25) is 15.0 Å². The fourth-order valence-corrected chi connectivity index (χ4v) is 2.22. The number of hydrogen-bond donors (Lipinski definition) is 2. The number of nitrogen functional groups attached to an aromatic ring is 1. The third kappa shape index (κ3) is 3.37. The van der Waals surface area contributed by atoms with Gasteiger partial charge in [0.15, 0.2) is 0 Å². The molecule has 8 heteroatoms. The summed E-state index contributed by atoms with van der Waals surface area (Å²) in [7, 11) is 1.23. The molecule has 1 amide bonds. The molecule has 2 aromatic rings. The third-order valence-corrected chi connectivity index (χ3v) is 3.59. The molecule has 3 N–H and O–H groups in total. The molecule has 0 saturated carbocycles. The van der Waals surface area contributed by atoms with Crippen molar-refractivity contribution in [1.29, 1.82) is 0 Å². The first-order chi connectivity index (χ1) is 11.2. The van der Waals surface area contributed by atoms with Crippen molar-refractivity contribution in [2.75, 3.05) is 17.7 Å². The maximum Gasteiger partial charge on any atom is 0.411 e. The Hall–Kier alpha value is -3.29. The summed E-state index contributed by atoms with van der Waals surface area (Å²) in [5, 5.41) is 20.2. The van der Waals surface area contributed by atoms with Crippen molar-refractivity contribution in [1.82, 2.24) is 0 Å². The molecular formula is C16H17N3O5. The minimum Gasteiger partial charge on any atom is -0.465 e. The summed E-state index contributed by atoms with van der Waals surface area (Å²) in [6.45, 7) is 3.68. The normalized spacial score (nSPS) is 10.3. The van der Waals surface area contributed by atoms with Crippen LogP contribution in [0.25, 0.3) is 0 Å². The highest BCUT2D eigenvalue weighted by Gasteiger charge is 2.22. The second kappa shape index (κ2) is 6.45. The van der Waals surface area contributed by atoms with E-state index in [0.29, 0.717) is 11.4 Å².